The number of fused-ring (bicyclic) bond motifs is 1. The maximum atomic E-state index is 12.6. The van der Waals surface area contributed by atoms with Crippen LogP contribution in [0.2, 0.25) is 0 Å². The van der Waals surface area contributed by atoms with Crippen LogP contribution in [0.1, 0.15) is 35.1 Å². The number of hydrogen-bond donors (Lipinski definition) is 1. The molecule has 1 atom stereocenters. The minimum Gasteiger partial charge on any atom is -0.350 e. The van der Waals surface area contributed by atoms with Gasteiger partial charge in [-0.2, -0.15) is 0 Å². The molecule has 1 aromatic carbocycles. The molecule has 3 aromatic rings. The van der Waals surface area contributed by atoms with Crippen LogP contribution in [0.25, 0.3) is 10.2 Å². The van der Waals surface area contributed by atoms with Gasteiger partial charge in [-0.05, 0) is 37.5 Å². The number of carbonyl (C=O) groups excluding carboxylic acids is 1. The molecule has 0 aliphatic carbocycles. The van der Waals surface area contributed by atoms with E-state index in [1.807, 2.05) is 29.8 Å². The maximum absolute atomic E-state index is 12.6. The van der Waals surface area contributed by atoms with E-state index in [1.165, 1.54) is 0 Å². The van der Waals surface area contributed by atoms with E-state index in [0.29, 0.717) is 18.2 Å². The number of aromatic nitrogens is 2. The Morgan fingerprint density at radius 1 is 1.44 bits per heavy atom. The Bertz CT molecular complexity index is 874. The molecule has 0 spiro atoms. The van der Waals surface area contributed by atoms with Crippen LogP contribution in [-0.4, -0.2) is 35.0 Å². The molecule has 1 aliphatic rings. The average molecular weight is 373 g/mol. The van der Waals surface area contributed by atoms with E-state index in [2.05, 4.69) is 27.1 Å². The number of hydrogen-bond acceptors (Lipinski definition) is 6. The van der Waals surface area contributed by atoms with Gasteiger partial charge in [0, 0.05) is 36.3 Å². The first-order chi connectivity index (χ1) is 12.2. The molecule has 0 saturated carbocycles. The van der Waals surface area contributed by atoms with Crippen LogP contribution in [0.15, 0.2) is 29.8 Å². The number of carbonyl (C=O) groups is 1. The van der Waals surface area contributed by atoms with Gasteiger partial charge in [-0.3, -0.25) is 4.79 Å². The molecular formula is C18H20N4OS2. The molecule has 5 nitrogen and oxygen atoms in total. The Morgan fingerprint density at radius 3 is 3.16 bits per heavy atom. The van der Waals surface area contributed by atoms with E-state index in [4.69, 9.17) is 0 Å². The molecule has 1 amide bonds. The molecule has 0 bridgehead atoms. The second kappa shape index (κ2) is 7.09. The monoisotopic (exact) mass is 372 g/mol. The minimum absolute atomic E-state index is 0.0145. The summed E-state index contributed by atoms with van der Waals surface area (Å²) in [6.45, 7) is 3.77. The van der Waals surface area contributed by atoms with Crippen LogP contribution >= 0.6 is 22.7 Å². The molecule has 0 radical (unpaired) electrons. The summed E-state index contributed by atoms with van der Waals surface area (Å²) in [5.74, 6) is -0.0145. The van der Waals surface area contributed by atoms with E-state index >= 15 is 0 Å². The van der Waals surface area contributed by atoms with Crippen molar-refractivity contribution in [2.45, 2.75) is 32.2 Å². The number of rotatable bonds is 5. The van der Waals surface area contributed by atoms with Crippen molar-refractivity contribution < 1.29 is 4.79 Å². The lowest BCUT2D eigenvalue weighted by molar-refractivity contribution is 0.0951. The summed E-state index contributed by atoms with van der Waals surface area (Å²) in [5, 5.41) is 7.26. The number of nitrogens with zero attached hydrogens (tertiary/aromatic N) is 3. The van der Waals surface area contributed by atoms with E-state index in [0.717, 1.165) is 46.2 Å². The summed E-state index contributed by atoms with van der Waals surface area (Å²) in [6, 6.07) is 6.09. The molecule has 1 fully saturated rings. The van der Waals surface area contributed by atoms with Crippen molar-refractivity contribution in [2.75, 3.05) is 18.0 Å². The Hall–Kier alpha value is -1.99. The van der Waals surface area contributed by atoms with Gasteiger partial charge in [0.25, 0.3) is 5.91 Å². The van der Waals surface area contributed by atoms with Crippen molar-refractivity contribution in [3.63, 3.8) is 0 Å². The summed E-state index contributed by atoms with van der Waals surface area (Å²) in [4.78, 5) is 23.8. The van der Waals surface area contributed by atoms with Gasteiger partial charge in [-0.15, -0.1) is 22.7 Å². The Labute approximate surface area is 154 Å². The summed E-state index contributed by atoms with van der Waals surface area (Å²) in [6.07, 6.45) is 5.00. The number of anilines is 1. The third kappa shape index (κ3) is 3.39. The zero-order chi connectivity index (χ0) is 17.2. The third-order valence-corrected chi connectivity index (χ3v) is 6.51. The van der Waals surface area contributed by atoms with Crippen molar-refractivity contribution in [2.24, 2.45) is 0 Å². The van der Waals surface area contributed by atoms with Gasteiger partial charge >= 0.3 is 0 Å². The van der Waals surface area contributed by atoms with Gasteiger partial charge in [0.05, 0.1) is 15.2 Å². The lowest BCUT2D eigenvalue weighted by atomic mass is 10.2. The van der Waals surface area contributed by atoms with E-state index in [-0.39, 0.29) is 5.91 Å². The molecule has 1 N–H and O–H groups in total. The second-order valence-corrected chi connectivity index (χ2v) is 8.15. The van der Waals surface area contributed by atoms with Crippen molar-refractivity contribution in [3.8, 4) is 0 Å². The lowest BCUT2D eigenvalue weighted by Gasteiger charge is -2.24. The van der Waals surface area contributed by atoms with Gasteiger partial charge < -0.3 is 10.2 Å². The number of benzene rings is 1. The highest BCUT2D eigenvalue weighted by Crippen LogP contribution is 2.27. The van der Waals surface area contributed by atoms with Crippen LogP contribution in [0.5, 0.6) is 0 Å². The zero-order valence-electron chi connectivity index (χ0n) is 14.1. The molecule has 25 heavy (non-hydrogen) atoms. The van der Waals surface area contributed by atoms with Gasteiger partial charge in [0.1, 0.15) is 0 Å². The first-order valence-corrected chi connectivity index (χ1v) is 10.3. The normalized spacial score (nSPS) is 17.3. The van der Waals surface area contributed by atoms with E-state index in [1.54, 1.807) is 22.7 Å². The molecule has 1 saturated heterocycles. The third-order valence-electron chi connectivity index (χ3n) is 4.54. The second-order valence-electron chi connectivity index (χ2n) is 6.16. The highest BCUT2D eigenvalue weighted by atomic mass is 32.1. The van der Waals surface area contributed by atoms with E-state index in [9.17, 15) is 4.79 Å². The fourth-order valence-corrected chi connectivity index (χ4v) is 4.92. The van der Waals surface area contributed by atoms with Crippen molar-refractivity contribution in [1.29, 1.82) is 0 Å². The first kappa shape index (κ1) is 16.5. The SMILES string of the molecule is CCc1nc2ccc(C(=O)NCC3CCCN3c3nccs3)cc2s1. The fourth-order valence-electron chi connectivity index (χ4n) is 3.23. The molecule has 130 valence electrons. The Kier molecular flexibility index (Phi) is 4.67. The lowest BCUT2D eigenvalue weighted by Crippen LogP contribution is -2.40. The van der Waals surface area contributed by atoms with Gasteiger partial charge in [-0.1, -0.05) is 6.92 Å². The molecule has 4 rings (SSSR count). The molecule has 7 heteroatoms. The highest BCUT2D eigenvalue weighted by molar-refractivity contribution is 7.18. The zero-order valence-corrected chi connectivity index (χ0v) is 15.7. The predicted molar refractivity (Wildman–Crippen MR) is 104 cm³/mol. The van der Waals surface area contributed by atoms with Crippen LogP contribution in [0, 0.1) is 0 Å². The largest absolute Gasteiger partial charge is 0.350 e. The van der Waals surface area contributed by atoms with Crippen molar-refractivity contribution in [3.05, 3.63) is 40.3 Å². The molecule has 1 unspecified atom stereocenters. The highest BCUT2D eigenvalue weighted by Gasteiger charge is 2.26. The van der Waals surface area contributed by atoms with Crippen LogP contribution in [-0.2, 0) is 6.42 Å². The molecule has 2 aromatic heterocycles. The summed E-state index contributed by atoms with van der Waals surface area (Å²) in [5.41, 5.74) is 1.68. The van der Waals surface area contributed by atoms with Gasteiger partial charge in [-0.25, -0.2) is 9.97 Å². The van der Waals surface area contributed by atoms with Crippen LogP contribution in [0.4, 0.5) is 5.13 Å². The smallest absolute Gasteiger partial charge is 0.251 e. The van der Waals surface area contributed by atoms with Crippen molar-refractivity contribution in [1.82, 2.24) is 15.3 Å². The summed E-state index contributed by atoms with van der Waals surface area (Å²) >= 11 is 3.32. The number of thiazole rings is 2. The predicted octanol–water partition coefficient (Wildman–Crippen LogP) is 3.71. The quantitative estimate of drug-likeness (QED) is 0.742. The van der Waals surface area contributed by atoms with E-state index < -0.39 is 0 Å². The molecule has 3 heterocycles. The molecule has 1 aliphatic heterocycles. The summed E-state index contributed by atoms with van der Waals surface area (Å²) < 4.78 is 1.08. The Balaban J connectivity index is 1.43. The number of amides is 1. The first-order valence-electron chi connectivity index (χ1n) is 8.58. The maximum Gasteiger partial charge on any atom is 0.251 e. The minimum atomic E-state index is -0.0145. The fraction of sp³-hybridized carbons (Fsp3) is 0.389. The molecular weight excluding hydrogens is 352 g/mol. The standard InChI is InChI=1S/C18H20N4OS2/c1-2-16-21-14-6-5-12(10-15(14)25-16)17(23)20-11-13-4-3-8-22(13)18-19-7-9-24-18/h5-7,9-10,13H,2-4,8,11H2,1H3,(H,20,23). The topological polar surface area (TPSA) is 58.1 Å². The summed E-state index contributed by atoms with van der Waals surface area (Å²) in [7, 11) is 0. The van der Waals surface area contributed by atoms with Crippen LogP contribution in [0.3, 0.4) is 0 Å². The van der Waals surface area contributed by atoms with Crippen LogP contribution < -0.4 is 10.2 Å². The average Bonchev–Trinajstić information content (AvgIpc) is 3.38. The number of nitrogens with one attached hydrogen (secondary N) is 1. The van der Waals surface area contributed by atoms with Crippen molar-refractivity contribution >= 4 is 43.9 Å². The van der Waals surface area contributed by atoms with Gasteiger partial charge in [0.15, 0.2) is 5.13 Å². The van der Waals surface area contributed by atoms with Gasteiger partial charge in [0.2, 0.25) is 0 Å². The Morgan fingerprint density at radius 2 is 2.36 bits per heavy atom. The number of aryl methyl sites for hydroxylation is 1.